The standard InChI is InChI=1S/C18H14N4O2S/c1-12-10-14(13-6-3-2-4-7-13)20-18(19-12)25-11-16-21-22-17(24-16)15-8-5-9-23-15/h2-10H,11H2,1H3. The van der Waals surface area contributed by atoms with Gasteiger partial charge in [0.1, 0.15) is 0 Å². The highest BCUT2D eigenvalue weighted by Gasteiger charge is 2.12. The lowest BCUT2D eigenvalue weighted by molar-refractivity contribution is 0.494. The van der Waals surface area contributed by atoms with Gasteiger partial charge in [-0.05, 0) is 25.1 Å². The van der Waals surface area contributed by atoms with Crippen LogP contribution in [0.2, 0.25) is 0 Å². The van der Waals surface area contributed by atoms with Crippen LogP contribution in [0.1, 0.15) is 11.6 Å². The average molecular weight is 350 g/mol. The lowest BCUT2D eigenvalue weighted by Gasteiger charge is -2.05. The van der Waals surface area contributed by atoms with Gasteiger partial charge in [0.15, 0.2) is 10.9 Å². The van der Waals surface area contributed by atoms with E-state index in [0.717, 1.165) is 17.0 Å². The Kier molecular flexibility index (Phi) is 4.30. The molecule has 3 heterocycles. The number of nitrogens with zero attached hydrogens (tertiary/aromatic N) is 4. The maximum Gasteiger partial charge on any atom is 0.283 e. The molecule has 7 heteroatoms. The van der Waals surface area contributed by atoms with Crippen molar-refractivity contribution in [2.24, 2.45) is 0 Å². The van der Waals surface area contributed by atoms with Gasteiger partial charge < -0.3 is 8.83 Å². The van der Waals surface area contributed by atoms with Crippen molar-refractivity contribution in [2.75, 3.05) is 0 Å². The summed E-state index contributed by atoms with van der Waals surface area (Å²) in [6.45, 7) is 1.96. The Morgan fingerprint density at radius 1 is 1.00 bits per heavy atom. The molecule has 0 N–H and O–H groups in total. The molecule has 1 aromatic carbocycles. The van der Waals surface area contributed by atoms with Crippen molar-refractivity contribution in [3.05, 3.63) is 66.4 Å². The molecule has 0 saturated heterocycles. The van der Waals surface area contributed by atoms with Gasteiger partial charge in [0.2, 0.25) is 5.89 Å². The number of hydrogen-bond acceptors (Lipinski definition) is 7. The second-order valence-electron chi connectivity index (χ2n) is 5.31. The molecule has 25 heavy (non-hydrogen) atoms. The lowest BCUT2D eigenvalue weighted by atomic mass is 10.1. The van der Waals surface area contributed by atoms with Crippen LogP contribution in [0.15, 0.2) is 68.8 Å². The molecule has 0 amide bonds. The highest BCUT2D eigenvalue weighted by atomic mass is 32.2. The molecule has 124 valence electrons. The van der Waals surface area contributed by atoms with Crippen LogP contribution in [0, 0.1) is 6.92 Å². The van der Waals surface area contributed by atoms with Gasteiger partial charge in [-0.2, -0.15) is 0 Å². The fraction of sp³-hybridized carbons (Fsp3) is 0.111. The first-order valence-corrected chi connectivity index (χ1v) is 8.67. The van der Waals surface area contributed by atoms with Crippen molar-refractivity contribution < 1.29 is 8.83 Å². The Bertz CT molecular complexity index is 968. The monoisotopic (exact) mass is 350 g/mol. The van der Waals surface area contributed by atoms with E-state index in [0.29, 0.717) is 28.5 Å². The van der Waals surface area contributed by atoms with Crippen LogP contribution >= 0.6 is 11.8 Å². The first kappa shape index (κ1) is 15.6. The summed E-state index contributed by atoms with van der Waals surface area (Å²) in [7, 11) is 0. The van der Waals surface area contributed by atoms with E-state index in [4.69, 9.17) is 8.83 Å². The van der Waals surface area contributed by atoms with Gasteiger partial charge in [-0.15, -0.1) is 10.2 Å². The van der Waals surface area contributed by atoms with Crippen molar-refractivity contribution in [1.29, 1.82) is 0 Å². The molecule has 4 aromatic rings. The van der Waals surface area contributed by atoms with E-state index < -0.39 is 0 Å². The van der Waals surface area contributed by atoms with Crippen LogP contribution in [0.3, 0.4) is 0 Å². The second-order valence-corrected chi connectivity index (χ2v) is 6.25. The molecular formula is C18H14N4O2S. The van der Waals surface area contributed by atoms with Crippen molar-refractivity contribution in [1.82, 2.24) is 20.2 Å². The van der Waals surface area contributed by atoms with E-state index >= 15 is 0 Å². The van der Waals surface area contributed by atoms with Crippen LogP contribution in [-0.2, 0) is 5.75 Å². The fourth-order valence-electron chi connectivity index (χ4n) is 2.30. The molecule has 0 aliphatic heterocycles. The molecule has 0 bridgehead atoms. The van der Waals surface area contributed by atoms with Crippen LogP contribution in [0.5, 0.6) is 0 Å². The van der Waals surface area contributed by atoms with E-state index in [9.17, 15) is 0 Å². The largest absolute Gasteiger partial charge is 0.459 e. The molecular weight excluding hydrogens is 336 g/mol. The van der Waals surface area contributed by atoms with Crippen molar-refractivity contribution in [3.63, 3.8) is 0 Å². The number of aromatic nitrogens is 4. The summed E-state index contributed by atoms with van der Waals surface area (Å²) in [5, 5.41) is 8.70. The zero-order valence-corrected chi connectivity index (χ0v) is 14.2. The molecule has 0 saturated carbocycles. The van der Waals surface area contributed by atoms with Crippen LogP contribution < -0.4 is 0 Å². The molecule has 0 aliphatic carbocycles. The summed E-state index contributed by atoms with van der Waals surface area (Å²) in [6.07, 6.45) is 1.57. The van der Waals surface area contributed by atoms with Crippen LogP contribution in [-0.4, -0.2) is 20.2 Å². The molecule has 0 radical (unpaired) electrons. The van der Waals surface area contributed by atoms with Crippen LogP contribution in [0.4, 0.5) is 0 Å². The van der Waals surface area contributed by atoms with Gasteiger partial charge in [0.25, 0.3) is 5.89 Å². The Morgan fingerprint density at radius 2 is 1.88 bits per heavy atom. The summed E-state index contributed by atoms with van der Waals surface area (Å²) in [5.74, 6) is 1.92. The molecule has 0 spiro atoms. The number of rotatable bonds is 5. The summed E-state index contributed by atoms with van der Waals surface area (Å²) < 4.78 is 10.9. The number of aryl methyl sites for hydroxylation is 1. The average Bonchev–Trinajstić information content (AvgIpc) is 3.32. The Labute approximate surface area is 148 Å². The quantitative estimate of drug-likeness (QED) is 0.390. The maximum atomic E-state index is 5.60. The number of hydrogen-bond donors (Lipinski definition) is 0. The minimum atomic E-state index is 0.371. The van der Waals surface area contributed by atoms with E-state index in [2.05, 4.69) is 20.2 Å². The van der Waals surface area contributed by atoms with Gasteiger partial charge in [0.05, 0.1) is 17.7 Å². The van der Waals surface area contributed by atoms with E-state index in [1.807, 2.05) is 43.3 Å². The second kappa shape index (κ2) is 6.90. The number of benzene rings is 1. The Balaban J connectivity index is 1.51. The van der Waals surface area contributed by atoms with Crippen molar-refractivity contribution in [3.8, 4) is 22.9 Å². The first-order valence-electron chi connectivity index (χ1n) is 7.68. The normalized spacial score (nSPS) is 10.9. The predicted octanol–water partition coefficient (Wildman–Crippen LogP) is 4.39. The van der Waals surface area contributed by atoms with Gasteiger partial charge in [0, 0.05) is 11.3 Å². The van der Waals surface area contributed by atoms with Crippen LogP contribution in [0.25, 0.3) is 22.9 Å². The third-order valence-corrected chi connectivity index (χ3v) is 4.26. The van der Waals surface area contributed by atoms with Crippen molar-refractivity contribution in [2.45, 2.75) is 17.8 Å². The highest BCUT2D eigenvalue weighted by molar-refractivity contribution is 7.98. The molecule has 0 fully saturated rings. The minimum Gasteiger partial charge on any atom is -0.459 e. The van der Waals surface area contributed by atoms with E-state index in [-0.39, 0.29) is 0 Å². The molecule has 6 nitrogen and oxygen atoms in total. The van der Waals surface area contributed by atoms with Crippen molar-refractivity contribution >= 4 is 11.8 Å². The Hall–Kier alpha value is -2.93. The Morgan fingerprint density at radius 3 is 2.68 bits per heavy atom. The fourth-order valence-corrected chi connectivity index (χ4v) is 3.04. The summed E-state index contributed by atoms with van der Waals surface area (Å²) in [4.78, 5) is 9.09. The summed E-state index contributed by atoms with van der Waals surface area (Å²) in [6, 6.07) is 15.6. The minimum absolute atomic E-state index is 0.371. The summed E-state index contributed by atoms with van der Waals surface area (Å²) in [5.41, 5.74) is 2.88. The number of thioether (sulfide) groups is 1. The third kappa shape index (κ3) is 3.61. The molecule has 0 atom stereocenters. The van der Waals surface area contributed by atoms with E-state index in [1.54, 1.807) is 18.4 Å². The highest BCUT2D eigenvalue weighted by Crippen LogP contribution is 2.25. The zero-order chi connectivity index (χ0) is 17.1. The molecule has 4 rings (SSSR count). The van der Waals surface area contributed by atoms with E-state index in [1.165, 1.54) is 11.8 Å². The first-order chi connectivity index (χ1) is 12.3. The molecule has 0 unspecified atom stereocenters. The zero-order valence-electron chi connectivity index (χ0n) is 13.4. The molecule has 0 aliphatic rings. The topological polar surface area (TPSA) is 77.8 Å². The summed E-state index contributed by atoms with van der Waals surface area (Å²) >= 11 is 1.46. The lowest BCUT2D eigenvalue weighted by Crippen LogP contribution is -1.94. The third-order valence-electron chi connectivity index (χ3n) is 3.43. The van der Waals surface area contributed by atoms with Gasteiger partial charge in [-0.3, -0.25) is 0 Å². The van der Waals surface area contributed by atoms with Gasteiger partial charge >= 0.3 is 0 Å². The number of furan rings is 1. The predicted molar refractivity (Wildman–Crippen MR) is 93.8 cm³/mol. The van der Waals surface area contributed by atoms with Gasteiger partial charge in [-0.1, -0.05) is 42.1 Å². The molecule has 3 aromatic heterocycles. The maximum absolute atomic E-state index is 5.60. The SMILES string of the molecule is Cc1cc(-c2ccccc2)nc(SCc2nnc(-c3ccco3)o2)n1. The van der Waals surface area contributed by atoms with Gasteiger partial charge in [-0.25, -0.2) is 9.97 Å². The smallest absolute Gasteiger partial charge is 0.283 e.